The Kier molecular flexibility index (Phi) is 6.70. The number of ether oxygens (including phenoxy) is 1. The van der Waals surface area contributed by atoms with Crippen LogP contribution in [0.15, 0.2) is 60.7 Å². The summed E-state index contributed by atoms with van der Waals surface area (Å²) < 4.78 is 7.30. The van der Waals surface area contributed by atoms with E-state index in [1.54, 1.807) is 0 Å². The third kappa shape index (κ3) is 4.81. The Bertz CT molecular complexity index is 1040. The van der Waals surface area contributed by atoms with Crippen molar-refractivity contribution < 1.29 is 9.53 Å². The van der Waals surface area contributed by atoms with E-state index in [-0.39, 0.29) is 5.78 Å². The average Bonchev–Trinajstić information content (AvgIpc) is 3.26. The van der Waals surface area contributed by atoms with Crippen molar-refractivity contribution in [3.8, 4) is 11.8 Å². The summed E-state index contributed by atoms with van der Waals surface area (Å²) in [7, 11) is 0. The van der Waals surface area contributed by atoms with E-state index in [0.29, 0.717) is 50.9 Å². The normalized spacial score (nSPS) is 14.7. The second kappa shape index (κ2) is 10.0. The third-order valence-corrected chi connectivity index (χ3v) is 5.42. The van der Waals surface area contributed by atoms with Crippen molar-refractivity contribution in [2.75, 3.05) is 31.2 Å². The SMILES string of the molecule is N#CC(C(=O)CCCc1ccccc1)c1nnc(N2CCOCC2)n1-c1ccccc1. The Morgan fingerprint density at radius 3 is 2.39 bits per heavy atom. The first-order chi connectivity index (χ1) is 15.3. The first kappa shape index (κ1) is 20.8. The molecule has 7 heteroatoms. The Balaban J connectivity index is 1.58. The van der Waals surface area contributed by atoms with Gasteiger partial charge in [-0.05, 0) is 30.5 Å². The molecule has 158 valence electrons. The fraction of sp³-hybridized carbons (Fsp3) is 0.333. The van der Waals surface area contributed by atoms with Gasteiger partial charge >= 0.3 is 0 Å². The topological polar surface area (TPSA) is 84.0 Å². The van der Waals surface area contributed by atoms with Gasteiger partial charge < -0.3 is 9.64 Å². The number of nitrogens with zero attached hydrogens (tertiary/aromatic N) is 5. The van der Waals surface area contributed by atoms with Crippen LogP contribution < -0.4 is 4.90 Å². The van der Waals surface area contributed by atoms with Gasteiger partial charge in [0.15, 0.2) is 17.5 Å². The van der Waals surface area contributed by atoms with Crippen LogP contribution in [0, 0.1) is 11.3 Å². The van der Waals surface area contributed by atoms with E-state index in [0.717, 1.165) is 12.1 Å². The zero-order valence-electron chi connectivity index (χ0n) is 17.4. The van der Waals surface area contributed by atoms with Crippen LogP contribution >= 0.6 is 0 Å². The molecule has 0 radical (unpaired) electrons. The molecule has 3 aromatic rings. The molecule has 0 bridgehead atoms. The molecule has 1 aromatic heterocycles. The summed E-state index contributed by atoms with van der Waals surface area (Å²) in [6.45, 7) is 2.59. The van der Waals surface area contributed by atoms with Gasteiger partial charge in [-0.15, -0.1) is 10.2 Å². The van der Waals surface area contributed by atoms with Crippen LogP contribution in [0.25, 0.3) is 5.69 Å². The number of benzene rings is 2. The highest BCUT2D eigenvalue weighted by atomic mass is 16.5. The van der Waals surface area contributed by atoms with Crippen molar-refractivity contribution in [1.29, 1.82) is 5.26 Å². The summed E-state index contributed by atoms with van der Waals surface area (Å²) in [6, 6.07) is 21.9. The van der Waals surface area contributed by atoms with Gasteiger partial charge in [0.05, 0.1) is 25.0 Å². The lowest BCUT2D eigenvalue weighted by molar-refractivity contribution is -0.119. The molecule has 0 N–H and O–H groups in total. The van der Waals surface area contributed by atoms with Crippen LogP contribution in [0.3, 0.4) is 0 Å². The summed E-state index contributed by atoms with van der Waals surface area (Å²) in [5.74, 6) is -0.0726. The van der Waals surface area contributed by atoms with Crippen LogP contribution in [-0.2, 0) is 16.0 Å². The molecule has 1 atom stereocenters. The Hall–Kier alpha value is -3.50. The average molecular weight is 415 g/mol. The molecule has 1 unspecified atom stereocenters. The van der Waals surface area contributed by atoms with E-state index in [1.807, 2.05) is 65.2 Å². The van der Waals surface area contributed by atoms with E-state index in [2.05, 4.69) is 21.2 Å². The van der Waals surface area contributed by atoms with E-state index in [1.165, 1.54) is 5.56 Å². The molecule has 0 saturated carbocycles. The zero-order valence-corrected chi connectivity index (χ0v) is 17.4. The number of morpholine rings is 1. The highest BCUT2D eigenvalue weighted by Gasteiger charge is 2.30. The quantitative estimate of drug-likeness (QED) is 0.561. The minimum atomic E-state index is -0.960. The van der Waals surface area contributed by atoms with Gasteiger partial charge in [-0.25, -0.2) is 0 Å². The minimum Gasteiger partial charge on any atom is -0.378 e. The lowest BCUT2D eigenvalue weighted by Gasteiger charge is -2.28. The summed E-state index contributed by atoms with van der Waals surface area (Å²) in [5, 5.41) is 18.6. The summed E-state index contributed by atoms with van der Waals surface area (Å²) in [5.41, 5.74) is 2.02. The summed E-state index contributed by atoms with van der Waals surface area (Å²) >= 11 is 0. The lowest BCUT2D eigenvalue weighted by Crippen LogP contribution is -2.38. The van der Waals surface area contributed by atoms with Gasteiger partial charge in [0.25, 0.3) is 0 Å². The summed E-state index contributed by atoms with van der Waals surface area (Å²) in [6.07, 6.45) is 1.81. The Labute approximate surface area is 181 Å². The molecule has 4 rings (SSSR count). The number of hydrogen-bond donors (Lipinski definition) is 0. The molecule has 1 fully saturated rings. The van der Waals surface area contributed by atoms with Gasteiger partial charge in [-0.2, -0.15) is 5.26 Å². The van der Waals surface area contributed by atoms with Gasteiger partial charge in [-0.3, -0.25) is 9.36 Å². The molecule has 31 heavy (non-hydrogen) atoms. The molecule has 0 aliphatic carbocycles. The predicted molar refractivity (Wildman–Crippen MR) is 117 cm³/mol. The fourth-order valence-corrected chi connectivity index (χ4v) is 3.80. The van der Waals surface area contributed by atoms with Crippen molar-refractivity contribution in [2.24, 2.45) is 0 Å². The maximum absolute atomic E-state index is 13.0. The number of rotatable bonds is 8. The number of aromatic nitrogens is 3. The number of Topliss-reactive ketones (excluding diaryl/α,β-unsaturated/α-hetero) is 1. The standard InChI is InChI=1S/C24H25N5O2/c25-18-21(22(30)13-7-10-19-8-3-1-4-9-19)23-26-27-24(28-14-16-31-17-15-28)29(23)20-11-5-2-6-12-20/h1-6,8-9,11-12,21H,7,10,13-17H2. The highest BCUT2D eigenvalue weighted by molar-refractivity contribution is 5.87. The second-order valence-electron chi connectivity index (χ2n) is 7.50. The molecule has 0 amide bonds. The van der Waals surface area contributed by atoms with Crippen LogP contribution in [0.5, 0.6) is 0 Å². The first-order valence-electron chi connectivity index (χ1n) is 10.6. The zero-order chi connectivity index (χ0) is 21.5. The smallest absolute Gasteiger partial charge is 0.232 e. The molecule has 1 saturated heterocycles. The van der Waals surface area contributed by atoms with E-state index in [4.69, 9.17) is 4.74 Å². The maximum Gasteiger partial charge on any atom is 0.232 e. The largest absolute Gasteiger partial charge is 0.378 e. The number of nitriles is 1. The van der Waals surface area contributed by atoms with Crippen LogP contribution in [0.4, 0.5) is 5.95 Å². The molecule has 7 nitrogen and oxygen atoms in total. The van der Waals surface area contributed by atoms with Crippen molar-refractivity contribution in [2.45, 2.75) is 25.2 Å². The number of hydrogen-bond acceptors (Lipinski definition) is 6. The number of anilines is 1. The predicted octanol–water partition coefficient (Wildman–Crippen LogP) is 3.30. The molecule has 1 aliphatic heterocycles. The van der Waals surface area contributed by atoms with Crippen molar-refractivity contribution in [3.63, 3.8) is 0 Å². The van der Waals surface area contributed by atoms with Gasteiger partial charge in [0.2, 0.25) is 5.95 Å². The van der Waals surface area contributed by atoms with Crippen molar-refractivity contribution >= 4 is 11.7 Å². The number of ketones is 1. The number of aryl methyl sites for hydroxylation is 1. The molecule has 2 heterocycles. The second-order valence-corrected chi connectivity index (χ2v) is 7.50. The molecular weight excluding hydrogens is 390 g/mol. The van der Waals surface area contributed by atoms with E-state index in [9.17, 15) is 10.1 Å². The third-order valence-electron chi connectivity index (χ3n) is 5.42. The minimum absolute atomic E-state index is 0.128. The fourth-order valence-electron chi connectivity index (χ4n) is 3.80. The Morgan fingerprint density at radius 1 is 1.03 bits per heavy atom. The van der Waals surface area contributed by atoms with Gasteiger partial charge in [0.1, 0.15) is 0 Å². The lowest BCUT2D eigenvalue weighted by atomic mass is 9.98. The van der Waals surface area contributed by atoms with Crippen molar-refractivity contribution in [3.05, 3.63) is 72.1 Å². The van der Waals surface area contributed by atoms with E-state index >= 15 is 0 Å². The monoisotopic (exact) mass is 415 g/mol. The maximum atomic E-state index is 13.0. The highest BCUT2D eigenvalue weighted by Crippen LogP contribution is 2.27. The molecular formula is C24H25N5O2. The number of carbonyl (C=O) groups is 1. The molecule has 0 spiro atoms. The number of para-hydroxylation sites is 1. The van der Waals surface area contributed by atoms with Gasteiger partial charge in [-0.1, -0.05) is 48.5 Å². The van der Waals surface area contributed by atoms with Crippen molar-refractivity contribution in [1.82, 2.24) is 14.8 Å². The Morgan fingerprint density at radius 2 is 1.71 bits per heavy atom. The summed E-state index contributed by atoms with van der Waals surface area (Å²) in [4.78, 5) is 15.1. The molecule has 1 aliphatic rings. The molecule has 2 aromatic carbocycles. The van der Waals surface area contributed by atoms with Gasteiger partial charge in [0, 0.05) is 19.5 Å². The van der Waals surface area contributed by atoms with Crippen LogP contribution in [-0.4, -0.2) is 46.9 Å². The number of carbonyl (C=O) groups excluding carboxylic acids is 1. The van der Waals surface area contributed by atoms with E-state index < -0.39 is 5.92 Å². The van der Waals surface area contributed by atoms with Crippen LogP contribution in [0.2, 0.25) is 0 Å². The first-order valence-corrected chi connectivity index (χ1v) is 10.6. The van der Waals surface area contributed by atoms with Crippen LogP contribution in [0.1, 0.15) is 30.1 Å².